The molecule has 0 radical (unpaired) electrons. The standard InChI is InChI=1S/C34H29N2Si/c1-23-13-18-29-28-20-19-27(26-16-14-25(15-17-26)24-10-6-5-7-11-24)30(22-35)33(28)37(3,4)34(29)32(23)31-12-8-9-21-36(31)2/h5-21H,1-4H3/q+1. The summed E-state index contributed by atoms with van der Waals surface area (Å²) in [6, 6.07) is 37.0. The monoisotopic (exact) mass is 493 g/mol. The fourth-order valence-corrected chi connectivity index (χ4v) is 9.92. The van der Waals surface area contributed by atoms with Crippen molar-refractivity contribution >= 4 is 18.4 Å². The smallest absolute Gasteiger partial charge is 0.201 e. The number of pyridine rings is 1. The number of nitrogens with zero attached hydrogens (tertiary/aromatic N) is 2. The molecule has 178 valence electrons. The quantitative estimate of drug-likeness (QED) is 0.208. The third-order valence-corrected chi connectivity index (χ3v) is 11.4. The van der Waals surface area contributed by atoms with Crippen LogP contribution in [0.1, 0.15) is 11.1 Å². The molecule has 1 aliphatic rings. The highest BCUT2D eigenvalue weighted by atomic mass is 28.3. The maximum atomic E-state index is 10.5. The van der Waals surface area contributed by atoms with E-state index in [0.29, 0.717) is 0 Å². The van der Waals surface area contributed by atoms with Crippen molar-refractivity contribution in [3.63, 3.8) is 0 Å². The molecule has 0 unspecified atom stereocenters. The van der Waals surface area contributed by atoms with E-state index in [1.807, 2.05) is 6.07 Å². The third kappa shape index (κ3) is 3.56. The Kier molecular flexibility index (Phi) is 5.44. The van der Waals surface area contributed by atoms with Crippen molar-refractivity contribution < 1.29 is 4.57 Å². The van der Waals surface area contributed by atoms with Crippen LogP contribution in [0.4, 0.5) is 0 Å². The molecule has 0 N–H and O–H groups in total. The fourth-order valence-electron chi connectivity index (χ4n) is 6.12. The molecule has 2 nitrogen and oxygen atoms in total. The van der Waals surface area contributed by atoms with Gasteiger partial charge in [0, 0.05) is 17.7 Å². The number of fused-ring (bicyclic) bond motifs is 3. The Hall–Kier alpha value is -4.26. The first-order chi connectivity index (χ1) is 17.9. The number of aryl methyl sites for hydroxylation is 2. The zero-order valence-corrected chi connectivity index (χ0v) is 22.7. The Balaban J connectivity index is 1.53. The van der Waals surface area contributed by atoms with Gasteiger partial charge in [-0.2, -0.15) is 5.26 Å². The average molecular weight is 494 g/mol. The molecule has 1 aromatic heterocycles. The molecular weight excluding hydrogens is 464 g/mol. The van der Waals surface area contributed by atoms with Gasteiger partial charge in [0.25, 0.3) is 0 Å². The summed E-state index contributed by atoms with van der Waals surface area (Å²) < 4.78 is 2.21. The van der Waals surface area contributed by atoms with Gasteiger partial charge in [0.05, 0.1) is 11.6 Å². The first-order valence-corrected chi connectivity index (χ1v) is 15.7. The summed E-state index contributed by atoms with van der Waals surface area (Å²) in [4.78, 5) is 0. The first kappa shape index (κ1) is 23.2. The van der Waals surface area contributed by atoms with E-state index >= 15 is 0 Å². The number of nitriles is 1. The van der Waals surface area contributed by atoms with E-state index in [0.717, 1.165) is 16.7 Å². The molecule has 5 aromatic rings. The van der Waals surface area contributed by atoms with Crippen LogP contribution in [0.25, 0.3) is 44.6 Å². The molecule has 37 heavy (non-hydrogen) atoms. The molecular formula is C34H29N2Si+. The normalized spacial score (nSPS) is 13.1. The zero-order valence-electron chi connectivity index (χ0n) is 21.7. The molecule has 0 fully saturated rings. The van der Waals surface area contributed by atoms with Crippen molar-refractivity contribution in [1.29, 1.82) is 5.26 Å². The highest BCUT2D eigenvalue weighted by Gasteiger charge is 2.43. The molecule has 6 rings (SSSR count). The molecule has 0 aliphatic carbocycles. The van der Waals surface area contributed by atoms with Crippen molar-refractivity contribution in [2.45, 2.75) is 20.0 Å². The van der Waals surface area contributed by atoms with Crippen molar-refractivity contribution in [2.75, 3.05) is 0 Å². The first-order valence-electron chi connectivity index (χ1n) is 12.7. The summed E-state index contributed by atoms with van der Waals surface area (Å²) in [6.45, 7) is 7.03. The van der Waals surface area contributed by atoms with E-state index in [9.17, 15) is 5.26 Å². The minimum Gasteiger partial charge on any atom is -0.201 e. The Morgan fingerprint density at radius 2 is 1.24 bits per heavy atom. The van der Waals surface area contributed by atoms with Crippen LogP contribution in [-0.4, -0.2) is 8.07 Å². The number of rotatable bonds is 3. The van der Waals surface area contributed by atoms with Gasteiger partial charge in [-0.25, -0.2) is 4.57 Å². The SMILES string of the molecule is Cc1ccc2c(c1-c1cccc[n+]1C)[Si](C)(C)c1c-2ccc(-c2ccc(-c3ccccc3)cc2)c1C#N. The van der Waals surface area contributed by atoms with Gasteiger partial charge >= 0.3 is 0 Å². The lowest BCUT2D eigenvalue weighted by Crippen LogP contribution is -2.52. The number of hydrogen-bond acceptors (Lipinski definition) is 1. The summed E-state index contributed by atoms with van der Waals surface area (Å²) in [5.41, 5.74) is 11.7. The topological polar surface area (TPSA) is 27.7 Å². The fraction of sp³-hybridized carbons (Fsp3) is 0.118. The summed E-state index contributed by atoms with van der Waals surface area (Å²) in [5, 5.41) is 13.2. The number of hydrogen-bond donors (Lipinski definition) is 0. The van der Waals surface area contributed by atoms with E-state index in [4.69, 9.17) is 0 Å². The van der Waals surface area contributed by atoms with Crippen LogP contribution < -0.4 is 14.9 Å². The molecule has 1 aliphatic heterocycles. The van der Waals surface area contributed by atoms with E-state index in [-0.39, 0.29) is 0 Å². The van der Waals surface area contributed by atoms with Gasteiger partial charge in [-0.1, -0.05) is 92.0 Å². The van der Waals surface area contributed by atoms with E-state index in [2.05, 4.69) is 135 Å². The Morgan fingerprint density at radius 3 is 1.95 bits per heavy atom. The summed E-state index contributed by atoms with van der Waals surface area (Å²) in [5.74, 6) is 0. The van der Waals surface area contributed by atoms with Gasteiger partial charge in [0.1, 0.15) is 15.1 Å². The van der Waals surface area contributed by atoms with Crippen LogP contribution in [0, 0.1) is 18.3 Å². The van der Waals surface area contributed by atoms with Gasteiger partial charge in [0.2, 0.25) is 5.69 Å². The molecule has 2 heterocycles. The molecule has 0 bridgehead atoms. The second-order valence-electron chi connectivity index (χ2n) is 10.5. The number of benzene rings is 4. The van der Waals surface area contributed by atoms with E-state index in [1.54, 1.807) is 0 Å². The largest absolute Gasteiger partial charge is 0.212 e. The summed E-state index contributed by atoms with van der Waals surface area (Å²) in [7, 11) is -0.0785. The maximum Gasteiger partial charge on any atom is 0.212 e. The molecule has 0 atom stereocenters. The second-order valence-corrected chi connectivity index (χ2v) is 14.7. The minimum absolute atomic E-state index is 0.832. The second kappa shape index (κ2) is 8.69. The third-order valence-electron chi connectivity index (χ3n) is 7.89. The molecule has 4 aromatic carbocycles. The Morgan fingerprint density at radius 1 is 0.649 bits per heavy atom. The lowest BCUT2D eigenvalue weighted by molar-refractivity contribution is -0.660. The van der Waals surface area contributed by atoms with Gasteiger partial charge in [0.15, 0.2) is 6.20 Å². The molecule has 0 amide bonds. The predicted octanol–water partition coefficient (Wildman–Crippen LogP) is 6.50. The maximum absolute atomic E-state index is 10.5. The van der Waals surface area contributed by atoms with Gasteiger partial charge < -0.3 is 0 Å². The average Bonchev–Trinajstić information content (AvgIpc) is 3.16. The van der Waals surface area contributed by atoms with Gasteiger partial charge in [-0.05, 0) is 62.3 Å². The molecule has 3 heteroatoms. The highest BCUT2D eigenvalue weighted by molar-refractivity contribution is 7.05. The molecule has 0 spiro atoms. The summed E-state index contributed by atoms with van der Waals surface area (Å²) >= 11 is 0. The van der Waals surface area contributed by atoms with Crippen LogP contribution in [0.5, 0.6) is 0 Å². The van der Waals surface area contributed by atoms with E-state index < -0.39 is 8.07 Å². The van der Waals surface area contributed by atoms with Gasteiger partial charge in [-0.3, -0.25) is 0 Å². The van der Waals surface area contributed by atoms with Crippen LogP contribution in [-0.2, 0) is 7.05 Å². The van der Waals surface area contributed by atoms with Crippen molar-refractivity contribution in [3.05, 3.63) is 114 Å². The van der Waals surface area contributed by atoms with Crippen LogP contribution in [0.3, 0.4) is 0 Å². The zero-order chi connectivity index (χ0) is 25.7. The minimum atomic E-state index is -2.19. The Bertz CT molecular complexity index is 1710. The van der Waals surface area contributed by atoms with Crippen LogP contribution in [0.2, 0.25) is 13.1 Å². The van der Waals surface area contributed by atoms with Crippen molar-refractivity contribution in [3.8, 4) is 50.7 Å². The van der Waals surface area contributed by atoms with Crippen molar-refractivity contribution in [2.24, 2.45) is 7.05 Å². The van der Waals surface area contributed by atoms with E-state index in [1.165, 1.54) is 49.4 Å². The van der Waals surface area contributed by atoms with Crippen LogP contribution >= 0.6 is 0 Å². The number of aromatic nitrogens is 1. The van der Waals surface area contributed by atoms with Crippen molar-refractivity contribution in [1.82, 2.24) is 0 Å². The highest BCUT2D eigenvalue weighted by Crippen LogP contribution is 2.38. The molecule has 0 saturated heterocycles. The van der Waals surface area contributed by atoms with Crippen LogP contribution in [0.15, 0.2) is 103 Å². The molecule has 0 saturated carbocycles. The Labute approximate surface area is 220 Å². The van der Waals surface area contributed by atoms with Gasteiger partial charge in [-0.15, -0.1) is 0 Å². The summed E-state index contributed by atoms with van der Waals surface area (Å²) in [6.07, 6.45) is 2.11. The predicted molar refractivity (Wildman–Crippen MR) is 156 cm³/mol. The lowest BCUT2D eigenvalue weighted by atomic mass is 9.92. The lowest BCUT2D eigenvalue weighted by Gasteiger charge is -2.24.